The first-order valence-electron chi connectivity index (χ1n) is 9.36. The van der Waals surface area contributed by atoms with Crippen LogP contribution in [0, 0.1) is 0 Å². The largest absolute Gasteiger partial charge is 0.493 e. The third-order valence-electron chi connectivity index (χ3n) is 4.25. The van der Waals surface area contributed by atoms with Crippen LogP contribution in [0.5, 0.6) is 11.5 Å². The number of tetrazole rings is 1. The predicted molar refractivity (Wildman–Crippen MR) is 120 cm³/mol. The van der Waals surface area contributed by atoms with Gasteiger partial charge in [-0.3, -0.25) is 0 Å². The SMILES string of the molecule is COc1cc(CNCCCSc2nnnn2C)ccc1OCc1ccc(Cl)c(Cl)c1. The van der Waals surface area contributed by atoms with Crippen molar-refractivity contribution in [2.75, 3.05) is 19.4 Å². The topological polar surface area (TPSA) is 74.1 Å². The smallest absolute Gasteiger partial charge is 0.209 e. The van der Waals surface area contributed by atoms with E-state index in [0.717, 1.165) is 41.5 Å². The zero-order valence-corrected chi connectivity index (χ0v) is 19.1. The molecule has 0 saturated heterocycles. The number of rotatable bonds is 11. The van der Waals surface area contributed by atoms with Gasteiger partial charge in [0.1, 0.15) is 6.61 Å². The van der Waals surface area contributed by atoms with Gasteiger partial charge >= 0.3 is 0 Å². The number of nitrogens with zero attached hydrogens (tertiary/aromatic N) is 4. The zero-order valence-electron chi connectivity index (χ0n) is 16.8. The molecule has 3 rings (SSSR count). The third-order valence-corrected chi connectivity index (χ3v) is 6.08. The van der Waals surface area contributed by atoms with E-state index in [1.807, 2.05) is 31.3 Å². The van der Waals surface area contributed by atoms with Crippen LogP contribution in [0.1, 0.15) is 17.5 Å². The quantitative estimate of drug-likeness (QED) is 0.331. The molecule has 10 heteroatoms. The second kappa shape index (κ2) is 11.4. The summed E-state index contributed by atoms with van der Waals surface area (Å²) in [6, 6.07) is 11.4. The van der Waals surface area contributed by atoms with Crippen molar-refractivity contribution in [1.29, 1.82) is 0 Å². The normalized spacial score (nSPS) is 10.9. The molecule has 7 nitrogen and oxygen atoms in total. The number of methoxy groups -OCH3 is 1. The lowest BCUT2D eigenvalue weighted by Crippen LogP contribution is -2.15. The van der Waals surface area contributed by atoms with Crippen molar-refractivity contribution < 1.29 is 9.47 Å². The van der Waals surface area contributed by atoms with E-state index in [4.69, 9.17) is 32.7 Å². The number of nitrogens with one attached hydrogen (secondary N) is 1. The Kier molecular flexibility index (Phi) is 8.62. The highest BCUT2D eigenvalue weighted by atomic mass is 35.5. The van der Waals surface area contributed by atoms with Crippen LogP contribution < -0.4 is 14.8 Å². The molecule has 0 atom stereocenters. The lowest BCUT2D eigenvalue weighted by molar-refractivity contribution is 0.284. The predicted octanol–water partition coefficient (Wildman–Crippen LogP) is 4.38. The van der Waals surface area contributed by atoms with E-state index >= 15 is 0 Å². The summed E-state index contributed by atoms with van der Waals surface area (Å²) in [6.07, 6.45) is 1.01. The fourth-order valence-corrected chi connectivity index (χ4v) is 3.78. The van der Waals surface area contributed by atoms with E-state index in [2.05, 4.69) is 20.8 Å². The van der Waals surface area contributed by atoms with Gasteiger partial charge in [0.15, 0.2) is 11.5 Å². The summed E-state index contributed by atoms with van der Waals surface area (Å²) in [4.78, 5) is 0. The molecule has 1 heterocycles. The van der Waals surface area contributed by atoms with Crippen molar-refractivity contribution in [3.63, 3.8) is 0 Å². The van der Waals surface area contributed by atoms with Crippen LogP contribution in [0.2, 0.25) is 10.0 Å². The van der Waals surface area contributed by atoms with E-state index in [-0.39, 0.29) is 0 Å². The standard InChI is InChI=1S/C20H23Cl2N5O2S/c1-27-20(24-25-26-27)30-9-3-8-23-12-14-5-7-18(19(11-14)28-2)29-13-15-4-6-16(21)17(22)10-15/h4-7,10-11,23H,3,8-9,12-13H2,1-2H3. The molecule has 3 aromatic rings. The molecule has 1 aromatic heterocycles. The minimum atomic E-state index is 0.379. The van der Waals surface area contributed by atoms with E-state index in [1.165, 1.54) is 0 Å². The highest BCUT2D eigenvalue weighted by Gasteiger charge is 2.08. The van der Waals surface area contributed by atoms with Crippen LogP contribution >= 0.6 is 35.0 Å². The van der Waals surface area contributed by atoms with Gasteiger partial charge in [-0.2, -0.15) is 0 Å². The number of aryl methyl sites for hydroxylation is 1. The van der Waals surface area contributed by atoms with Crippen molar-refractivity contribution in [1.82, 2.24) is 25.5 Å². The van der Waals surface area contributed by atoms with Crippen molar-refractivity contribution >= 4 is 35.0 Å². The number of aromatic nitrogens is 4. The highest BCUT2D eigenvalue weighted by Crippen LogP contribution is 2.30. The van der Waals surface area contributed by atoms with Gasteiger partial charge < -0.3 is 14.8 Å². The second-order valence-corrected chi connectivity index (χ2v) is 8.36. The van der Waals surface area contributed by atoms with Gasteiger partial charge in [0, 0.05) is 19.3 Å². The Bertz CT molecular complexity index is 970. The van der Waals surface area contributed by atoms with Gasteiger partial charge in [-0.25, -0.2) is 4.68 Å². The van der Waals surface area contributed by atoms with Gasteiger partial charge in [-0.1, -0.05) is 47.1 Å². The third kappa shape index (κ3) is 6.50. The fourth-order valence-electron chi connectivity index (χ4n) is 2.67. The summed E-state index contributed by atoms with van der Waals surface area (Å²) < 4.78 is 13.1. The number of ether oxygens (including phenoxy) is 2. The van der Waals surface area contributed by atoms with Crippen molar-refractivity contribution in [2.24, 2.45) is 7.05 Å². The first-order chi connectivity index (χ1) is 14.6. The molecule has 160 valence electrons. The van der Waals surface area contributed by atoms with Crippen LogP contribution in [0.25, 0.3) is 0 Å². The van der Waals surface area contributed by atoms with Gasteiger partial charge in [0.05, 0.1) is 17.2 Å². The maximum atomic E-state index is 6.06. The molecule has 0 aliphatic heterocycles. The van der Waals surface area contributed by atoms with E-state index in [1.54, 1.807) is 35.7 Å². The molecule has 0 aliphatic rings. The molecular weight excluding hydrogens is 445 g/mol. The maximum Gasteiger partial charge on any atom is 0.209 e. The number of thioether (sulfide) groups is 1. The fraction of sp³-hybridized carbons (Fsp3) is 0.350. The molecule has 2 aromatic carbocycles. The summed E-state index contributed by atoms with van der Waals surface area (Å²) in [6.45, 7) is 2.03. The Morgan fingerprint density at radius 2 is 1.90 bits per heavy atom. The van der Waals surface area contributed by atoms with Crippen LogP contribution in [0.15, 0.2) is 41.6 Å². The molecule has 0 unspecified atom stereocenters. The molecule has 0 spiro atoms. The summed E-state index contributed by atoms with van der Waals surface area (Å²) in [5.74, 6) is 2.33. The van der Waals surface area contributed by atoms with Crippen molar-refractivity contribution in [2.45, 2.75) is 24.7 Å². The molecule has 0 bridgehead atoms. The molecule has 0 amide bonds. The van der Waals surface area contributed by atoms with E-state index < -0.39 is 0 Å². The van der Waals surface area contributed by atoms with Crippen LogP contribution in [-0.4, -0.2) is 39.6 Å². The number of benzene rings is 2. The molecule has 1 N–H and O–H groups in total. The molecule has 0 radical (unpaired) electrons. The first-order valence-corrected chi connectivity index (χ1v) is 11.1. The first kappa shape index (κ1) is 22.7. The number of hydrogen-bond acceptors (Lipinski definition) is 7. The maximum absolute atomic E-state index is 6.06. The van der Waals surface area contributed by atoms with Gasteiger partial charge in [-0.05, 0) is 58.8 Å². The highest BCUT2D eigenvalue weighted by molar-refractivity contribution is 7.99. The molecule has 30 heavy (non-hydrogen) atoms. The lowest BCUT2D eigenvalue weighted by Gasteiger charge is -2.13. The Hall–Kier alpha value is -2.00. The van der Waals surface area contributed by atoms with Crippen LogP contribution in [-0.2, 0) is 20.2 Å². The monoisotopic (exact) mass is 467 g/mol. The second-order valence-electron chi connectivity index (χ2n) is 6.49. The zero-order chi connectivity index (χ0) is 21.3. The Labute approximate surface area is 190 Å². The number of halogens is 2. The van der Waals surface area contributed by atoms with Crippen LogP contribution in [0.3, 0.4) is 0 Å². The summed E-state index contributed by atoms with van der Waals surface area (Å²) in [7, 11) is 3.48. The van der Waals surface area contributed by atoms with Gasteiger partial charge in [0.2, 0.25) is 5.16 Å². The van der Waals surface area contributed by atoms with E-state index in [0.29, 0.717) is 28.2 Å². The van der Waals surface area contributed by atoms with E-state index in [9.17, 15) is 0 Å². The van der Waals surface area contributed by atoms with Crippen LogP contribution in [0.4, 0.5) is 0 Å². The minimum absolute atomic E-state index is 0.379. The Morgan fingerprint density at radius 1 is 1.07 bits per heavy atom. The lowest BCUT2D eigenvalue weighted by atomic mass is 10.2. The average Bonchev–Trinajstić information content (AvgIpc) is 3.16. The summed E-state index contributed by atoms with van der Waals surface area (Å²) in [5, 5.41) is 16.7. The van der Waals surface area contributed by atoms with Gasteiger partial charge in [0.25, 0.3) is 0 Å². The molecule has 0 saturated carbocycles. The van der Waals surface area contributed by atoms with Gasteiger partial charge in [-0.15, -0.1) is 5.10 Å². The number of hydrogen-bond donors (Lipinski definition) is 1. The summed E-state index contributed by atoms with van der Waals surface area (Å²) in [5.41, 5.74) is 2.06. The molecule has 0 fully saturated rings. The van der Waals surface area contributed by atoms with Crippen molar-refractivity contribution in [3.8, 4) is 11.5 Å². The molecular formula is C20H23Cl2N5O2S. The minimum Gasteiger partial charge on any atom is -0.493 e. The Balaban J connectivity index is 1.44. The average molecular weight is 468 g/mol. The Morgan fingerprint density at radius 3 is 2.63 bits per heavy atom. The summed E-state index contributed by atoms with van der Waals surface area (Å²) >= 11 is 13.7. The molecule has 0 aliphatic carbocycles. The van der Waals surface area contributed by atoms with Crippen molar-refractivity contribution in [3.05, 3.63) is 57.6 Å².